The third-order valence-electron chi connectivity index (χ3n) is 3.30. The van der Waals surface area contributed by atoms with Crippen molar-refractivity contribution in [1.29, 1.82) is 0 Å². The first-order valence-electron chi connectivity index (χ1n) is 7.05. The first kappa shape index (κ1) is 17.2. The van der Waals surface area contributed by atoms with Gasteiger partial charge < -0.3 is 10.1 Å². The van der Waals surface area contributed by atoms with Gasteiger partial charge in [-0.1, -0.05) is 12.1 Å². The number of rotatable bonds is 6. The van der Waals surface area contributed by atoms with Crippen molar-refractivity contribution in [2.75, 3.05) is 6.54 Å². The van der Waals surface area contributed by atoms with Crippen LogP contribution in [0.3, 0.4) is 0 Å². The average molecular weight is 338 g/mol. The molecule has 1 fully saturated rings. The Bertz CT molecular complexity index is 729. The molecule has 7 nitrogen and oxygen atoms in total. The summed E-state index contributed by atoms with van der Waals surface area (Å²) < 4.78 is 31.4. The van der Waals surface area contributed by atoms with Gasteiger partial charge in [-0.25, -0.2) is 17.9 Å². The fourth-order valence-corrected chi connectivity index (χ4v) is 3.22. The Morgan fingerprint density at radius 3 is 2.83 bits per heavy atom. The van der Waals surface area contributed by atoms with E-state index >= 15 is 0 Å². The molecule has 8 heteroatoms. The summed E-state index contributed by atoms with van der Waals surface area (Å²) in [6.07, 6.45) is 1.56. The summed E-state index contributed by atoms with van der Waals surface area (Å²) >= 11 is 0. The number of hydrogen-bond donors (Lipinski definition) is 2. The minimum absolute atomic E-state index is 0.0330. The molecule has 2 rings (SSSR count). The lowest BCUT2D eigenvalue weighted by Gasteiger charge is -2.10. The van der Waals surface area contributed by atoms with Crippen LogP contribution in [0.5, 0.6) is 0 Å². The summed E-state index contributed by atoms with van der Waals surface area (Å²) in [6, 6.07) is 4.87. The van der Waals surface area contributed by atoms with Crippen molar-refractivity contribution in [1.82, 2.24) is 10.0 Å². The van der Waals surface area contributed by atoms with Gasteiger partial charge in [0.25, 0.3) is 5.91 Å². The summed E-state index contributed by atoms with van der Waals surface area (Å²) in [5, 5.41) is 2.55. The minimum atomic E-state index is -3.72. The molecule has 0 aliphatic carbocycles. The van der Waals surface area contributed by atoms with Gasteiger partial charge in [0.15, 0.2) is 0 Å². The van der Waals surface area contributed by atoms with E-state index in [4.69, 9.17) is 4.74 Å². The Kier molecular flexibility index (Phi) is 5.17. The van der Waals surface area contributed by atoms with Crippen molar-refractivity contribution in [2.24, 2.45) is 0 Å². The van der Waals surface area contributed by atoms with Crippen LogP contribution in [0.15, 0.2) is 41.8 Å². The van der Waals surface area contributed by atoms with Crippen LogP contribution in [0.2, 0.25) is 0 Å². The third kappa shape index (κ3) is 4.17. The average Bonchev–Trinajstić information content (AvgIpc) is 2.83. The molecule has 1 amide bonds. The molecule has 0 radical (unpaired) electrons. The summed E-state index contributed by atoms with van der Waals surface area (Å²) in [7, 11) is -3.72. The van der Waals surface area contributed by atoms with Crippen LogP contribution in [0.25, 0.3) is 0 Å². The fourth-order valence-electron chi connectivity index (χ4n) is 2.17. The molecule has 23 heavy (non-hydrogen) atoms. The number of esters is 1. The number of sulfonamides is 1. The molecule has 0 aromatic heterocycles. The van der Waals surface area contributed by atoms with Crippen LogP contribution in [0.1, 0.15) is 23.7 Å². The van der Waals surface area contributed by atoms with Gasteiger partial charge in [0, 0.05) is 18.5 Å². The Hall–Kier alpha value is -2.19. The Morgan fingerprint density at radius 1 is 1.48 bits per heavy atom. The highest BCUT2D eigenvalue weighted by Gasteiger charge is 2.33. The van der Waals surface area contributed by atoms with Crippen LogP contribution in [0, 0.1) is 0 Å². The molecule has 1 heterocycles. The van der Waals surface area contributed by atoms with Gasteiger partial charge in [0.05, 0.1) is 4.90 Å². The van der Waals surface area contributed by atoms with E-state index in [-0.39, 0.29) is 23.1 Å². The molecule has 2 N–H and O–H groups in total. The van der Waals surface area contributed by atoms with Gasteiger partial charge in [0.2, 0.25) is 10.0 Å². The predicted molar refractivity (Wildman–Crippen MR) is 83.3 cm³/mol. The third-order valence-corrected chi connectivity index (χ3v) is 4.72. The van der Waals surface area contributed by atoms with Crippen LogP contribution >= 0.6 is 0 Å². The molecule has 0 spiro atoms. The molecular weight excluding hydrogens is 320 g/mol. The second-order valence-electron chi connectivity index (χ2n) is 5.18. The normalized spacial score (nSPS) is 20.8. The lowest BCUT2D eigenvalue weighted by Crippen LogP contribution is -2.38. The van der Waals surface area contributed by atoms with E-state index in [0.29, 0.717) is 6.42 Å². The predicted octanol–water partition coefficient (Wildman–Crippen LogP) is 0.585. The van der Waals surface area contributed by atoms with Gasteiger partial charge >= 0.3 is 5.97 Å². The maximum Gasteiger partial charge on any atom is 0.329 e. The quantitative estimate of drug-likeness (QED) is 0.584. The lowest BCUT2D eigenvalue weighted by molar-refractivity contribution is -0.142. The van der Waals surface area contributed by atoms with Gasteiger partial charge in [-0.15, -0.1) is 6.58 Å². The highest BCUT2D eigenvalue weighted by Crippen LogP contribution is 2.16. The smallest absolute Gasteiger partial charge is 0.329 e. The van der Waals surface area contributed by atoms with Crippen LogP contribution in [-0.2, 0) is 19.6 Å². The highest BCUT2D eigenvalue weighted by molar-refractivity contribution is 7.89. The van der Waals surface area contributed by atoms with Crippen molar-refractivity contribution in [2.45, 2.75) is 30.4 Å². The molecule has 1 saturated heterocycles. The number of carbonyl (C=O) groups excluding carboxylic acids is 2. The Balaban J connectivity index is 2.14. The van der Waals surface area contributed by atoms with E-state index in [1.807, 2.05) is 0 Å². The van der Waals surface area contributed by atoms with Crippen molar-refractivity contribution >= 4 is 21.9 Å². The number of hydrogen-bond acceptors (Lipinski definition) is 5. The van der Waals surface area contributed by atoms with Crippen LogP contribution in [-0.4, -0.2) is 39.0 Å². The molecule has 0 saturated carbocycles. The second kappa shape index (κ2) is 6.93. The highest BCUT2D eigenvalue weighted by atomic mass is 32.2. The number of amides is 1. The zero-order valence-corrected chi connectivity index (χ0v) is 13.4. The fraction of sp³-hybridized carbons (Fsp3) is 0.333. The molecule has 1 aliphatic heterocycles. The van der Waals surface area contributed by atoms with E-state index in [9.17, 15) is 18.0 Å². The van der Waals surface area contributed by atoms with Crippen LogP contribution < -0.4 is 10.0 Å². The Morgan fingerprint density at radius 2 is 2.22 bits per heavy atom. The molecule has 2 atom stereocenters. The van der Waals surface area contributed by atoms with Gasteiger partial charge in [-0.2, -0.15) is 0 Å². The zero-order chi connectivity index (χ0) is 17.0. The summed E-state index contributed by atoms with van der Waals surface area (Å²) in [5.74, 6) is -1.01. The monoisotopic (exact) mass is 338 g/mol. The lowest BCUT2D eigenvalue weighted by atomic mass is 10.1. The Labute approximate surface area is 134 Å². The molecule has 1 aliphatic rings. The molecule has 0 unspecified atom stereocenters. The maximum atomic E-state index is 12.2. The number of carbonyl (C=O) groups is 2. The van der Waals surface area contributed by atoms with Gasteiger partial charge in [-0.3, -0.25) is 4.79 Å². The molecule has 0 bridgehead atoms. The van der Waals surface area contributed by atoms with Gasteiger partial charge in [-0.05, 0) is 25.1 Å². The van der Waals surface area contributed by atoms with Crippen molar-refractivity contribution < 1.29 is 22.7 Å². The minimum Gasteiger partial charge on any atom is -0.461 e. The van der Waals surface area contributed by atoms with E-state index in [0.717, 1.165) is 0 Å². The summed E-state index contributed by atoms with van der Waals surface area (Å²) in [5.41, 5.74) is 0.152. The van der Waals surface area contributed by atoms with E-state index in [2.05, 4.69) is 16.6 Å². The maximum absolute atomic E-state index is 12.2. The SMILES string of the molecule is C=CCNS(=O)(=O)c1cccc(C(=O)N[C@H]2C[C@H](C)OC2=O)c1. The first-order valence-corrected chi connectivity index (χ1v) is 8.54. The standard InChI is InChI=1S/C15H18N2O5S/c1-3-7-16-23(20,21)12-6-4-5-11(9-12)14(18)17-13-8-10(2)22-15(13)19/h3-6,9-10,13,16H,1,7-8H2,2H3,(H,17,18)/t10-,13-/m0/s1. The molecule has 1 aromatic rings. The van der Waals surface area contributed by atoms with Crippen molar-refractivity contribution in [3.63, 3.8) is 0 Å². The first-order chi connectivity index (χ1) is 10.8. The van der Waals surface area contributed by atoms with E-state index in [1.165, 1.54) is 30.3 Å². The second-order valence-corrected chi connectivity index (χ2v) is 6.94. The summed E-state index contributed by atoms with van der Waals surface area (Å²) in [6.45, 7) is 5.27. The zero-order valence-electron chi connectivity index (χ0n) is 12.6. The molecule has 1 aromatic carbocycles. The number of ether oxygens (including phenoxy) is 1. The van der Waals surface area contributed by atoms with Crippen molar-refractivity contribution in [3.8, 4) is 0 Å². The topological polar surface area (TPSA) is 102 Å². The summed E-state index contributed by atoms with van der Waals surface area (Å²) in [4.78, 5) is 23.7. The van der Waals surface area contributed by atoms with E-state index < -0.39 is 27.9 Å². The van der Waals surface area contributed by atoms with Crippen LogP contribution in [0.4, 0.5) is 0 Å². The van der Waals surface area contributed by atoms with Gasteiger partial charge in [0.1, 0.15) is 12.1 Å². The number of nitrogens with one attached hydrogen (secondary N) is 2. The number of benzene rings is 1. The van der Waals surface area contributed by atoms with E-state index in [1.54, 1.807) is 6.92 Å². The largest absolute Gasteiger partial charge is 0.461 e. The molecule has 124 valence electrons. The van der Waals surface area contributed by atoms with Crippen molar-refractivity contribution in [3.05, 3.63) is 42.5 Å². The molecular formula is C15H18N2O5S. The number of cyclic esters (lactones) is 1.